The zero-order chi connectivity index (χ0) is 18.8. The average Bonchev–Trinajstić information content (AvgIpc) is 3.15. The Hall–Kier alpha value is -2.41. The second-order valence-electron chi connectivity index (χ2n) is 6.86. The molecule has 1 aliphatic rings. The van der Waals surface area contributed by atoms with E-state index in [1.165, 1.54) is 0 Å². The van der Waals surface area contributed by atoms with Crippen LogP contribution in [-0.4, -0.2) is 47.0 Å². The Kier molecular flexibility index (Phi) is 5.11. The van der Waals surface area contributed by atoms with Crippen LogP contribution in [0.4, 0.5) is 0 Å². The van der Waals surface area contributed by atoms with E-state index in [9.17, 15) is 4.79 Å². The summed E-state index contributed by atoms with van der Waals surface area (Å²) in [6.07, 6.45) is 2.44. The number of fused-ring (bicyclic) bond motifs is 1. The summed E-state index contributed by atoms with van der Waals surface area (Å²) >= 11 is 6.20. The lowest BCUT2D eigenvalue weighted by molar-refractivity contribution is 0.1000. The van der Waals surface area contributed by atoms with Gasteiger partial charge in [0.15, 0.2) is 0 Å². The lowest BCUT2D eigenvalue weighted by Gasteiger charge is -2.35. The molecule has 2 aromatic carbocycles. The molecular formula is C20H22ClN5O. The van der Waals surface area contributed by atoms with Gasteiger partial charge in [-0.3, -0.25) is 9.69 Å². The van der Waals surface area contributed by atoms with Crippen molar-refractivity contribution in [1.82, 2.24) is 20.2 Å². The number of rotatable bonds is 5. The second kappa shape index (κ2) is 7.68. The third kappa shape index (κ3) is 3.83. The summed E-state index contributed by atoms with van der Waals surface area (Å²) in [6, 6.07) is 11.7. The summed E-state index contributed by atoms with van der Waals surface area (Å²) < 4.78 is 0. The number of primary amides is 1. The number of H-pyrrole nitrogens is 1. The molecular weight excluding hydrogens is 362 g/mol. The zero-order valence-electron chi connectivity index (χ0n) is 14.9. The number of aromatic nitrogens is 2. The van der Waals surface area contributed by atoms with Crippen molar-refractivity contribution >= 4 is 28.5 Å². The summed E-state index contributed by atoms with van der Waals surface area (Å²) in [7, 11) is 0. The predicted octanol–water partition coefficient (Wildman–Crippen LogP) is 2.50. The maximum atomic E-state index is 11.9. The van der Waals surface area contributed by atoms with E-state index in [-0.39, 0.29) is 6.04 Å². The number of carbonyl (C=O) groups is 1. The Morgan fingerprint density at radius 2 is 2.07 bits per heavy atom. The Morgan fingerprint density at radius 1 is 1.26 bits per heavy atom. The van der Waals surface area contributed by atoms with Crippen LogP contribution in [0.3, 0.4) is 0 Å². The molecule has 1 aliphatic heterocycles. The predicted molar refractivity (Wildman–Crippen MR) is 107 cm³/mol. The van der Waals surface area contributed by atoms with E-state index >= 15 is 0 Å². The molecule has 1 amide bonds. The Labute approximate surface area is 162 Å². The van der Waals surface area contributed by atoms with Gasteiger partial charge in [-0.25, -0.2) is 4.98 Å². The molecule has 6 nitrogen and oxygen atoms in total. The molecule has 4 N–H and O–H groups in total. The van der Waals surface area contributed by atoms with E-state index in [1.54, 1.807) is 12.4 Å². The van der Waals surface area contributed by atoms with Gasteiger partial charge in [-0.15, -0.1) is 0 Å². The van der Waals surface area contributed by atoms with E-state index in [2.05, 4.69) is 26.3 Å². The Morgan fingerprint density at radius 3 is 2.81 bits per heavy atom. The fraction of sp³-hybridized carbons (Fsp3) is 0.300. The van der Waals surface area contributed by atoms with Gasteiger partial charge in [0, 0.05) is 42.8 Å². The van der Waals surface area contributed by atoms with Gasteiger partial charge in [0.25, 0.3) is 0 Å². The van der Waals surface area contributed by atoms with Crippen LogP contribution >= 0.6 is 11.6 Å². The second-order valence-corrected chi connectivity index (χ2v) is 7.30. The van der Waals surface area contributed by atoms with Gasteiger partial charge >= 0.3 is 0 Å². The first-order valence-corrected chi connectivity index (χ1v) is 9.45. The molecule has 0 spiro atoms. The van der Waals surface area contributed by atoms with Crippen molar-refractivity contribution in [2.45, 2.75) is 12.5 Å². The van der Waals surface area contributed by atoms with Crippen LogP contribution in [0.1, 0.15) is 27.5 Å². The van der Waals surface area contributed by atoms with Crippen molar-refractivity contribution < 1.29 is 4.79 Å². The van der Waals surface area contributed by atoms with Crippen molar-refractivity contribution in [1.29, 1.82) is 0 Å². The van der Waals surface area contributed by atoms with Crippen LogP contribution in [0.15, 0.2) is 42.7 Å². The Balaban J connectivity index is 1.81. The van der Waals surface area contributed by atoms with Gasteiger partial charge in [-0.05, 0) is 41.8 Å². The minimum absolute atomic E-state index is 0.0793. The smallest absolute Gasteiger partial charge is 0.248 e. The average molecular weight is 384 g/mol. The summed E-state index contributed by atoms with van der Waals surface area (Å²) in [4.78, 5) is 21.9. The van der Waals surface area contributed by atoms with Gasteiger partial charge in [-0.2, -0.15) is 0 Å². The number of aromatic amines is 1. The number of nitrogens with one attached hydrogen (secondary N) is 2. The molecule has 0 aliphatic carbocycles. The first-order chi connectivity index (χ1) is 13.1. The van der Waals surface area contributed by atoms with E-state index < -0.39 is 5.91 Å². The molecule has 1 aromatic heterocycles. The minimum atomic E-state index is -0.436. The standard InChI is InChI=1S/C20H22ClN5O/c21-15-3-1-2-13(8-15)9-18(26-6-4-23-5-7-26)16-10-14(20(22)27)11-17-19(16)25-12-24-17/h1-3,8,10-12,18,23H,4-7,9H2,(H2,22,27)(H,24,25). The lowest BCUT2D eigenvalue weighted by Crippen LogP contribution is -2.45. The van der Waals surface area contributed by atoms with Crippen molar-refractivity contribution in [2.24, 2.45) is 5.73 Å². The molecule has 0 radical (unpaired) electrons. The van der Waals surface area contributed by atoms with Gasteiger partial charge in [0.2, 0.25) is 5.91 Å². The SMILES string of the molecule is NC(=O)c1cc(C(Cc2cccc(Cl)c2)N2CCNCC2)c2nc[nH]c2c1. The summed E-state index contributed by atoms with van der Waals surface area (Å²) in [5, 5.41) is 4.12. The number of nitrogens with zero attached hydrogens (tertiary/aromatic N) is 2. The minimum Gasteiger partial charge on any atom is -0.366 e. The number of amides is 1. The lowest BCUT2D eigenvalue weighted by atomic mass is 9.94. The van der Waals surface area contributed by atoms with E-state index in [4.69, 9.17) is 17.3 Å². The van der Waals surface area contributed by atoms with E-state index in [0.29, 0.717) is 5.56 Å². The molecule has 140 valence electrons. The maximum absolute atomic E-state index is 11.9. The number of imidazole rings is 1. The summed E-state index contributed by atoms with van der Waals surface area (Å²) in [6.45, 7) is 3.73. The molecule has 27 heavy (non-hydrogen) atoms. The molecule has 1 fully saturated rings. The fourth-order valence-corrected chi connectivity index (χ4v) is 4.00. The number of hydrogen-bond donors (Lipinski definition) is 3. The van der Waals surface area contributed by atoms with Gasteiger partial charge in [0.1, 0.15) is 0 Å². The van der Waals surface area contributed by atoms with Crippen LogP contribution in [0.2, 0.25) is 5.02 Å². The summed E-state index contributed by atoms with van der Waals surface area (Å²) in [5.74, 6) is -0.436. The van der Waals surface area contributed by atoms with Crippen LogP contribution in [0, 0.1) is 0 Å². The normalized spacial score (nSPS) is 16.5. The van der Waals surface area contributed by atoms with E-state index in [0.717, 1.165) is 59.8 Å². The third-order valence-corrected chi connectivity index (χ3v) is 5.34. The number of benzene rings is 2. The highest BCUT2D eigenvalue weighted by Gasteiger charge is 2.26. The van der Waals surface area contributed by atoms with Crippen molar-refractivity contribution in [3.8, 4) is 0 Å². The molecule has 7 heteroatoms. The molecule has 0 saturated carbocycles. The highest BCUT2D eigenvalue weighted by atomic mass is 35.5. The number of nitrogens with two attached hydrogens (primary N) is 1. The molecule has 0 bridgehead atoms. The number of halogens is 1. The van der Waals surface area contributed by atoms with Crippen LogP contribution in [-0.2, 0) is 6.42 Å². The van der Waals surface area contributed by atoms with Gasteiger partial charge in [-0.1, -0.05) is 23.7 Å². The first kappa shape index (κ1) is 18.0. The van der Waals surface area contributed by atoms with Gasteiger partial charge < -0.3 is 16.0 Å². The largest absolute Gasteiger partial charge is 0.366 e. The molecule has 4 rings (SSSR count). The highest BCUT2D eigenvalue weighted by Crippen LogP contribution is 2.32. The number of piperazine rings is 1. The van der Waals surface area contributed by atoms with Crippen molar-refractivity contribution in [3.63, 3.8) is 0 Å². The topological polar surface area (TPSA) is 87.0 Å². The number of hydrogen-bond acceptors (Lipinski definition) is 4. The first-order valence-electron chi connectivity index (χ1n) is 9.08. The van der Waals surface area contributed by atoms with Crippen LogP contribution in [0.5, 0.6) is 0 Å². The fourth-order valence-electron chi connectivity index (χ4n) is 3.79. The zero-order valence-corrected chi connectivity index (χ0v) is 15.7. The molecule has 1 saturated heterocycles. The van der Waals surface area contributed by atoms with E-state index in [1.807, 2.05) is 24.3 Å². The number of carbonyl (C=O) groups excluding carboxylic acids is 1. The molecule has 2 heterocycles. The third-order valence-electron chi connectivity index (χ3n) is 5.11. The monoisotopic (exact) mass is 383 g/mol. The van der Waals surface area contributed by atoms with Gasteiger partial charge in [0.05, 0.1) is 17.4 Å². The molecule has 1 unspecified atom stereocenters. The maximum Gasteiger partial charge on any atom is 0.248 e. The van der Waals surface area contributed by atoms with Crippen molar-refractivity contribution in [2.75, 3.05) is 26.2 Å². The quantitative estimate of drug-likeness (QED) is 0.631. The van der Waals surface area contributed by atoms with Crippen LogP contribution in [0.25, 0.3) is 11.0 Å². The summed E-state index contributed by atoms with van der Waals surface area (Å²) in [5.41, 5.74) is 9.95. The molecule has 1 atom stereocenters. The Bertz CT molecular complexity index is 964. The highest BCUT2D eigenvalue weighted by molar-refractivity contribution is 6.30. The molecule has 3 aromatic rings. The van der Waals surface area contributed by atoms with Crippen molar-refractivity contribution in [3.05, 3.63) is 64.4 Å². The van der Waals surface area contributed by atoms with Crippen LogP contribution < -0.4 is 11.1 Å².